The van der Waals surface area contributed by atoms with Gasteiger partial charge < -0.3 is 5.32 Å². The Kier molecular flexibility index (Phi) is 6.47. The molecule has 0 fully saturated rings. The topological polar surface area (TPSA) is 64.7 Å². The lowest BCUT2D eigenvalue weighted by atomic mass is 10.2. The predicted molar refractivity (Wildman–Crippen MR) is 113 cm³/mol. The average Bonchev–Trinajstić information content (AvgIpc) is 3.18. The summed E-state index contributed by atoms with van der Waals surface area (Å²) in [4.78, 5) is 12.8. The highest BCUT2D eigenvalue weighted by Gasteiger charge is 2.23. The summed E-state index contributed by atoms with van der Waals surface area (Å²) in [5, 5.41) is 12.3. The maximum absolute atomic E-state index is 12.9. The summed E-state index contributed by atoms with van der Waals surface area (Å²) in [5.74, 6) is -0.378. The molecule has 3 rings (SSSR count). The van der Waals surface area contributed by atoms with Crippen LogP contribution < -0.4 is 5.32 Å². The first-order valence-electron chi connectivity index (χ1n) is 9.21. The number of nitrogens with one attached hydrogen (secondary N) is 1. The minimum absolute atomic E-state index is 0.354. The molecule has 3 aromatic rings. The summed E-state index contributed by atoms with van der Waals surface area (Å²) in [6.07, 6.45) is -2.69. The van der Waals surface area contributed by atoms with E-state index in [9.17, 15) is 13.6 Å². The van der Waals surface area contributed by atoms with E-state index in [-0.39, 0.29) is 11.6 Å². The van der Waals surface area contributed by atoms with Gasteiger partial charge in [0.2, 0.25) is 5.91 Å². The van der Waals surface area contributed by atoms with Crippen LogP contribution in [0.4, 0.5) is 14.5 Å². The van der Waals surface area contributed by atoms with Crippen molar-refractivity contribution in [3.63, 3.8) is 0 Å². The third kappa shape index (κ3) is 4.49. The zero-order valence-corrected chi connectivity index (χ0v) is 18.4. The van der Waals surface area contributed by atoms with Crippen LogP contribution in [0.25, 0.3) is 0 Å². The van der Waals surface area contributed by atoms with Crippen molar-refractivity contribution >= 4 is 34.8 Å². The Morgan fingerprint density at radius 2 is 1.87 bits per heavy atom. The molecule has 0 aliphatic carbocycles. The van der Waals surface area contributed by atoms with Crippen LogP contribution in [0.3, 0.4) is 0 Å². The number of halogens is 4. The van der Waals surface area contributed by atoms with Crippen LogP contribution in [0.5, 0.6) is 0 Å². The van der Waals surface area contributed by atoms with Gasteiger partial charge in [-0.3, -0.25) is 14.2 Å². The lowest BCUT2D eigenvalue weighted by Crippen LogP contribution is -2.25. The quantitative estimate of drug-likeness (QED) is 0.533. The lowest BCUT2D eigenvalue weighted by Gasteiger charge is -2.15. The number of benzene rings is 1. The Morgan fingerprint density at radius 1 is 1.17 bits per heavy atom. The molecule has 10 heteroatoms. The first-order valence-corrected chi connectivity index (χ1v) is 9.97. The molecule has 2 aromatic heterocycles. The van der Waals surface area contributed by atoms with Crippen molar-refractivity contribution in [2.45, 2.75) is 46.7 Å². The Bertz CT molecular complexity index is 1090. The number of carbonyl (C=O) groups excluding carboxylic acids is 1. The highest BCUT2D eigenvalue weighted by molar-refractivity contribution is 6.35. The molecule has 160 valence electrons. The van der Waals surface area contributed by atoms with E-state index in [2.05, 4.69) is 15.5 Å². The SMILES string of the molecule is Cc1nn(Cc2ccc(Cl)cc2Cl)c(C)c1NC(=O)C(C)n1nc(C(F)F)cc1C. The summed E-state index contributed by atoms with van der Waals surface area (Å²) in [6, 6.07) is 5.74. The second-order valence-corrected chi connectivity index (χ2v) is 7.90. The Labute approximate surface area is 182 Å². The van der Waals surface area contributed by atoms with E-state index < -0.39 is 12.5 Å². The highest BCUT2D eigenvalue weighted by atomic mass is 35.5. The van der Waals surface area contributed by atoms with Gasteiger partial charge in [0.15, 0.2) is 0 Å². The summed E-state index contributed by atoms with van der Waals surface area (Å²) in [5.41, 5.74) is 2.90. The minimum atomic E-state index is -2.69. The monoisotopic (exact) mass is 455 g/mol. The zero-order valence-electron chi connectivity index (χ0n) is 16.9. The fourth-order valence-electron chi connectivity index (χ4n) is 3.19. The normalized spacial score (nSPS) is 12.4. The van der Waals surface area contributed by atoms with E-state index >= 15 is 0 Å². The summed E-state index contributed by atoms with van der Waals surface area (Å²) >= 11 is 12.2. The molecule has 30 heavy (non-hydrogen) atoms. The van der Waals surface area contributed by atoms with Gasteiger partial charge in [-0.1, -0.05) is 29.3 Å². The number of carbonyl (C=O) groups is 1. The van der Waals surface area contributed by atoms with Crippen LogP contribution in [-0.2, 0) is 11.3 Å². The molecule has 1 atom stereocenters. The number of anilines is 1. The fourth-order valence-corrected chi connectivity index (χ4v) is 3.66. The van der Waals surface area contributed by atoms with Gasteiger partial charge in [0.05, 0.1) is 23.6 Å². The molecule has 6 nitrogen and oxygen atoms in total. The van der Waals surface area contributed by atoms with Crippen LogP contribution in [0, 0.1) is 20.8 Å². The molecule has 0 spiro atoms. The van der Waals surface area contributed by atoms with Crippen molar-refractivity contribution < 1.29 is 13.6 Å². The number of nitrogens with zero attached hydrogens (tertiary/aromatic N) is 4. The lowest BCUT2D eigenvalue weighted by molar-refractivity contribution is -0.119. The molecule has 0 saturated heterocycles. The van der Waals surface area contributed by atoms with Crippen molar-refractivity contribution in [3.8, 4) is 0 Å². The van der Waals surface area contributed by atoms with E-state index in [1.54, 1.807) is 37.6 Å². The first kappa shape index (κ1) is 22.2. The van der Waals surface area contributed by atoms with Gasteiger partial charge in [0.25, 0.3) is 6.43 Å². The number of alkyl halides is 2. The molecular weight excluding hydrogens is 435 g/mol. The molecule has 1 aromatic carbocycles. The molecule has 0 saturated carbocycles. The maximum Gasteiger partial charge on any atom is 0.282 e. The third-order valence-electron chi connectivity index (χ3n) is 4.88. The largest absolute Gasteiger partial charge is 0.321 e. The molecule has 0 aliphatic rings. The molecule has 0 bridgehead atoms. The van der Waals surface area contributed by atoms with Gasteiger partial charge in [-0.2, -0.15) is 10.2 Å². The minimum Gasteiger partial charge on any atom is -0.321 e. The van der Waals surface area contributed by atoms with Crippen molar-refractivity contribution in [2.24, 2.45) is 0 Å². The molecule has 0 radical (unpaired) electrons. The van der Waals surface area contributed by atoms with Gasteiger partial charge in [-0.25, -0.2) is 8.78 Å². The number of aromatic nitrogens is 4. The summed E-state index contributed by atoms with van der Waals surface area (Å²) in [7, 11) is 0. The maximum atomic E-state index is 12.9. The van der Waals surface area contributed by atoms with Crippen molar-refractivity contribution in [2.75, 3.05) is 5.32 Å². The molecule has 1 unspecified atom stereocenters. The summed E-state index contributed by atoms with van der Waals surface area (Å²) < 4.78 is 28.8. The van der Waals surface area contributed by atoms with E-state index in [1.165, 1.54) is 10.7 Å². The third-order valence-corrected chi connectivity index (χ3v) is 5.46. The first-order chi connectivity index (χ1) is 14.1. The second kappa shape index (κ2) is 8.73. The number of amides is 1. The molecule has 2 heterocycles. The fraction of sp³-hybridized carbons (Fsp3) is 0.350. The zero-order chi connectivity index (χ0) is 22.2. The van der Waals surface area contributed by atoms with Gasteiger partial charge in [0, 0.05) is 15.7 Å². The Hall–Kier alpha value is -2.45. The van der Waals surface area contributed by atoms with Crippen LogP contribution in [0.2, 0.25) is 10.0 Å². The molecule has 1 amide bonds. The number of hydrogen-bond donors (Lipinski definition) is 1. The number of hydrogen-bond acceptors (Lipinski definition) is 3. The van der Waals surface area contributed by atoms with Crippen LogP contribution in [0.1, 0.15) is 47.7 Å². The van der Waals surface area contributed by atoms with E-state index in [1.807, 2.05) is 13.0 Å². The van der Waals surface area contributed by atoms with Crippen molar-refractivity contribution in [1.29, 1.82) is 0 Å². The van der Waals surface area contributed by atoms with Gasteiger partial charge >= 0.3 is 0 Å². The van der Waals surface area contributed by atoms with Crippen LogP contribution in [-0.4, -0.2) is 25.5 Å². The number of rotatable bonds is 6. The second-order valence-electron chi connectivity index (χ2n) is 7.06. The summed E-state index contributed by atoms with van der Waals surface area (Å²) in [6.45, 7) is 7.25. The van der Waals surface area contributed by atoms with Gasteiger partial charge in [0.1, 0.15) is 11.7 Å². The number of aryl methyl sites for hydroxylation is 2. The average molecular weight is 456 g/mol. The standard InChI is InChI=1S/C20H21Cl2F2N5O/c1-10-7-17(19(23)24)27-29(10)13(4)20(30)25-18-11(2)26-28(12(18)3)9-14-5-6-15(21)8-16(14)22/h5-8,13,19H,9H2,1-4H3,(H,25,30). The van der Waals surface area contributed by atoms with Crippen LogP contribution in [0.15, 0.2) is 24.3 Å². The Morgan fingerprint density at radius 3 is 2.47 bits per heavy atom. The van der Waals surface area contributed by atoms with Crippen molar-refractivity contribution in [1.82, 2.24) is 19.6 Å². The predicted octanol–water partition coefficient (Wildman–Crippen LogP) is 5.50. The van der Waals surface area contributed by atoms with E-state index in [0.717, 1.165) is 11.3 Å². The van der Waals surface area contributed by atoms with Crippen LogP contribution >= 0.6 is 23.2 Å². The Balaban J connectivity index is 1.80. The van der Waals surface area contributed by atoms with Gasteiger partial charge in [-0.05, 0) is 51.5 Å². The molecule has 0 aliphatic heterocycles. The molecule has 1 N–H and O–H groups in total. The van der Waals surface area contributed by atoms with E-state index in [0.29, 0.717) is 33.7 Å². The highest BCUT2D eigenvalue weighted by Crippen LogP contribution is 2.26. The van der Waals surface area contributed by atoms with Crippen molar-refractivity contribution in [3.05, 3.63) is 62.6 Å². The van der Waals surface area contributed by atoms with Gasteiger partial charge in [-0.15, -0.1) is 0 Å². The molecular formula is C20H21Cl2F2N5O. The smallest absolute Gasteiger partial charge is 0.282 e. The van der Waals surface area contributed by atoms with E-state index in [4.69, 9.17) is 23.2 Å².